The van der Waals surface area contributed by atoms with E-state index in [1.165, 1.54) is 11.0 Å². The van der Waals surface area contributed by atoms with Crippen LogP contribution in [0.2, 0.25) is 0 Å². The van der Waals surface area contributed by atoms with Gasteiger partial charge in [-0.3, -0.25) is 9.59 Å². The van der Waals surface area contributed by atoms with Crippen LogP contribution in [-0.2, 0) is 16.0 Å². The fraction of sp³-hybridized carbons (Fsp3) is 0.364. The summed E-state index contributed by atoms with van der Waals surface area (Å²) in [5, 5.41) is 2.93. The van der Waals surface area contributed by atoms with Gasteiger partial charge in [0.05, 0.1) is 18.7 Å². The molecule has 2 amide bonds. The molecule has 2 atom stereocenters. The van der Waals surface area contributed by atoms with Gasteiger partial charge in [0.15, 0.2) is 0 Å². The van der Waals surface area contributed by atoms with Crippen LogP contribution in [0.25, 0.3) is 0 Å². The van der Waals surface area contributed by atoms with Crippen LogP contribution in [0.4, 0.5) is 14.5 Å². The molecule has 2 aromatic carbocycles. The van der Waals surface area contributed by atoms with Crippen LogP contribution in [0, 0.1) is 17.6 Å². The number of benzene rings is 2. The van der Waals surface area contributed by atoms with Gasteiger partial charge in [0, 0.05) is 25.1 Å². The molecule has 29 heavy (non-hydrogen) atoms. The number of amides is 2. The van der Waals surface area contributed by atoms with Crippen molar-refractivity contribution in [1.82, 2.24) is 5.32 Å². The van der Waals surface area contributed by atoms with E-state index in [4.69, 9.17) is 4.74 Å². The van der Waals surface area contributed by atoms with E-state index in [0.717, 1.165) is 36.3 Å². The van der Waals surface area contributed by atoms with Crippen LogP contribution in [0.15, 0.2) is 42.5 Å². The summed E-state index contributed by atoms with van der Waals surface area (Å²) < 4.78 is 32.2. The first-order valence-corrected chi connectivity index (χ1v) is 9.56. The zero-order valence-electron chi connectivity index (χ0n) is 16.5. The summed E-state index contributed by atoms with van der Waals surface area (Å²) in [4.78, 5) is 26.0. The molecule has 1 N–H and O–H groups in total. The van der Waals surface area contributed by atoms with Gasteiger partial charge in [-0.25, -0.2) is 8.78 Å². The Labute approximate surface area is 168 Å². The number of carbonyl (C=O) groups is 2. The minimum Gasteiger partial charge on any atom is -0.497 e. The molecule has 1 heterocycles. The second-order valence-corrected chi connectivity index (χ2v) is 7.30. The van der Waals surface area contributed by atoms with E-state index < -0.39 is 17.6 Å². The molecule has 5 nitrogen and oxygen atoms in total. The predicted molar refractivity (Wildman–Crippen MR) is 106 cm³/mol. The number of anilines is 1. The monoisotopic (exact) mass is 402 g/mol. The number of nitrogens with zero attached hydrogens (tertiary/aromatic N) is 1. The van der Waals surface area contributed by atoms with E-state index in [1.54, 1.807) is 7.11 Å². The third-order valence-corrected chi connectivity index (χ3v) is 5.11. The molecule has 1 saturated heterocycles. The number of aryl methyl sites for hydroxylation is 1. The van der Waals surface area contributed by atoms with Crippen molar-refractivity contribution in [3.8, 4) is 5.75 Å². The maximum atomic E-state index is 14.0. The molecule has 0 radical (unpaired) electrons. The summed E-state index contributed by atoms with van der Waals surface area (Å²) in [7, 11) is 1.62. The summed E-state index contributed by atoms with van der Waals surface area (Å²) in [6.45, 7) is 1.99. The lowest BCUT2D eigenvalue weighted by Gasteiger charge is -2.19. The van der Waals surface area contributed by atoms with Gasteiger partial charge in [-0.15, -0.1) is 0 Å². The standard InChI is InChI=1S/C22H24F2N2O3/c1-14(3-4-15-5-8-18(29-2)9-6-15)25-22(28)16-11-21(27)26(13-16)20-10-7-17(23)12-19(20)24/h5-10,12,14,16H,3-4,11,13H2,1-2H3,(H,25,28). The molecule has 154 valence electrons. The second-order valence-electron chi connectivity index (χ2n) is 7.30. The maximum absolute atomic E-state index is 14.0. The molecule has 1 fully saturated rings. The first kappa shape index (κ1) is 20.8. The molecular weight excluding hydrogens is 378 g/mol. The molecule has 0 aliphatic carbocycles. The minimum atomic E-state index is -0.813. The molecule has 3 rings (SSSR count). The number of ether oxygens (including phenoxy) is 1. The van der Waals surface area contributed by atoms with Crippen LogP contribution in [0.3, 0.4) is 0 Å². The van der Waals surface area contributed by atoms with Crippen LogP contribution in [-0.4, -0.2) is 31.5 Å². The quantitative estimate of drug-likeness (QED) is 0.772. The van der Waals surface area contributed by atoms with Crippen LogP contribution in [0.1, 0.15) is 25.3 Å². The molecule has 1 aliphatic heterocycles. The van der Waals surface area contributed by atoms with Crippen molar-refractivity contribution in [2.75, 3.05) is 18.6 Å². The number of methoxy groups -OCH3 is 1. The lowest BCUT2D eigenvalue weighted by atomic mass is 10.0. The van der Waals surface area contributed by atoms with E-state index in [0.29, 0.717) is 0 Å². The van der Waals surface area contributed by atoms with Crippen molar-refractivity contribution in [3.05, 3.63) is 59.7 Å². The molecule has 0 saturated carbocycles. The number of carbonyl (C=O) groups excluding carboxylic acids is 2. The van der Waals surface area contributed by atoms with E-state index >= 15 is 0 Å². The summed E-state index contributed by atoms with van der Waals surface area (Å²) in [6, 6.07) is 10.7. The second kappa shape index (κ2) is 9.03. The molecule has 0 spiro atoms. The highest BCUT2D eigenvalue weighted by Crippen LogP contribution is 2.28. The van der Waals surface area contributed by atoms with Crippen LogP contribution < -0.4 is 15.0 Å². The summed E-state index contributed by atoms with van der Waals surface area (Å²) >= 11 is 0. The van der Waals surface area contributed by atoms with Crippen molar-refractivity contribution in [1.29, 1.82) is 0 Å². The highest BCUT2D eigenvalue weighted by molar-refractivity contribution is 6.00. The molecule has 0 bridgehead atoms. The number of halogens is 2. The zero-order chi connectivity index (χ0) is 21.0. The van der Waals surface area contributed by atoms with Gasteiger partial charge in [0.25, 0.3) is 0 Å². The fourth-order valence-corrected chi connectivity index (χ4v) is 3.42. The smallest absolute Gasteiger partial charge is 0.227 e. The third kappa shape index (κ3) is 5.10. The maximum Gasteiger partial charge on any atom is 0.227 e. The topological polar surface area (TPSA) is 58.6 Å². The first-order valence-electron chi connectivity index (χ1n) is 9.56. The van der Waals surface area contributed by atoms with Gasteiger partial charge < -0.3 is 15.0 Å². The van der Waals surface area contributed by atoms with E-state index in [-0.39, 0.29) is 36.5 Å². The predicted octanol–water partition coefficient (Wildman–Crippen LogP) is 3.46. The van der Waals surface area contributed by atoms with Crippen molar-refractivity contribution in [2.24, 2.45) is 5.92 Å². The van der Waals surface area contributed by atoms with Gasteiger partial charge in [-0.05, 0) is 49.6 Å². The zero-order valence-corrected chi connectivity index (χ0v) is 16.5. The fourth-order valence-electron chi connectivity index (χ4n) is 3.42. The minimum absolute atomic E-state index is 0.000691. The van der Waals surface area contributed by atoms with Crippen LogP contribution in [0.5, 0.6) is 5.75 Å². The van der Waals surface area contributed by atoms with Gasteiger partial charge in [-0.1, -0.05) is 12.1 Å². The highest BCUT2D eigenvalue weighted by atomic mass is 19.1. The van der Waals surface area contributed by atoms with Crippen molar-refractivity contribution in [3.63, 3.8) is 0 Å². The lowest BCUT2D eigenvalue weighted by Crippen LogP contribution is -2.38. The Morgan fingerprint density at radius 1 is 1.24 bits per heavy atom. The Kier molecular flexibility index (Phi) is 6.46. The Bertz CT molecular complexity index is 886. The Hall–Kier alpha value is -2.96. The van der Waals surface area contributed by atoms with Crippen molar-refractivity contribution in [2.45, 2.75) is 32.2 Å². The third-order valence-electron chi connectivity index (χ3n) is 5.11. The molecule has 1 aliphatic rings. The molecule has 0 aromatic heterocycles. The SMILES string of the molecule is COc1ccc(CCC(C)NC(=O)C2CC(=O)N(c3ccc(F)cc3F)C2)cc1. The van der Waals surface area contributed by atoms with E-state index in [2.05, 4.69) is 5.32 Å². The van der Waals surface area contributed by atoms with Crippen molar-refractivity contribution < 1.29 is 23.1 Å². The van der Waals surface area contributed by atoms with Gasteiger partial charge >= 0.3 is 0 Å². The normalized spacial score (nSPS) is 17.3. The number of nitrogens with one attached hydrogen (secondary N) is 1. The van der Waals surface area contributed by atoms with Gasteiger partial charge in [0.2, 0.25) is 11.8 Å². The Balaban J connectivity index is 1.53. The number of hydrogen-bond acceptors (Lipinski definition) is 3. The van der Waals surface area contributed by atoms with Gasteiger partial charge in [0.1, 0.15) is 17.4 Å². The average Bonchev–Trinajstić information content (AvgIpc) is 3.08. The summed E-state index contributed by atoms with van der Waals surface area (Å²) in [5.74, 6) is -1.86. The molecule has 7 heteroatoms. The van der Waals surface area contributed by atoms with E-state index in [9.17, 15) is 18.4 Å². The Morgan fingerprint density at radius 2 is 1.97 bits per heavy atom. The summed E-state index contributed by atoms with van der Waals surface area (Å²) in [6.07, 6.45) is 1.55. The van der Waals surface area contributed by atoms with Crippen molar-refractivity contribution >= 4 is 17.5 Å². The summed E-state index contributed by atoms with van der Waals surface area (Å²) in [5.41, 5.74) is 1.14. The first-order chi connectivity index (χ1) is 13.9. The molecular formula is C22H24F2N2O3. The molecule has 2 unspecified atom stereocenters. The molecule has 2 aromatic rings. The average molecular weight is 402 g/mol. The number of hydrogen-bond donors (Lipinski definition) is 1. The number of rotatable bonds is 7. The lowest BCUT2D eigenvalue weighted by molar-refractivity contribution is -0.126. The van der Waals surface area contributed by atoms with Gasteiger partial charge in [-0.2, -0.15) is 0 Å². The Morgan fingerprint density at radius 3 is 2.62 bits per heavy atom. The van der Waals surface area contributed by atoms with Crippen LogP contribution >= 0.6 is 0 Å². The largest absolute Gasteiger partial charge is 0.497 e. The van der Waals surface area contributed by atoms with E-state index in [1.807, 2.05) is 31.2 Å². The highest BCUT2D eigenvalue weighted by Gasteiger charge is 2.36.